The van der Waals surface area contributed by atoms with Gasteiger partial charge in [-0.2, -0.15) is 0 Å². The lowest BCUT2D eigenvalue weighted by Gasteiger charge is -2.13. The summed E-state index contributed by atoms with van der Waals surface area (Å²) < 4.78 is 0. The number of rotatable bonds is 5. The fraction of sp³-hybridized carbons (Fsp3) is 0.375. The first-order chi connectivity index (χ1) is 9.99. The summed E-state index contributed by atoms with van der Waals surface area (Å²) in [7, 11) is 0. The molecular weight excluding hydrogens is 264 g/mol. The Labute approximate surface area is 125 Å². The van der Waals surface area contributed by atoms with Crippen LogP contribution in [0.2, 0.25) is 0 Å². The Bertz CT molecular complexity index is 628. The highest BCUT2D eigenvalue weighted by Gasteiger charge is 2.10. The zero-order chi connectivity index (χ0) is 15.4. The van der Waals surface area contributed by atoms with Gasteiger partial charge in [0, 0.05) is 24.3 Å². The number of nitrogens with zero attached hydrogens (tertiary/aromatic N) is 2. The Balaban J connectivity index is 2.32. The van der Waals surface area contributed by atoms with Gasteiger partial charge in [-0.05, 0) is 32.4 Å². The minimum Gasteiger partial charge on any atom is -0.507 e. The smallest absolute Gasteiger partial charge is 0.165 e. The van der Waals surface area contributed by atoms with Crippen molar-refractivity contribution in [2.45, 2.75) is 33.2 Å². The summed E-state index contributed by atoms with van der Waals surface area (Å²) in [6.45, 7) is 6.58. The summed E-state index contributed by atoms with van der Waals surface area (Å²) in [5, 5.41) is 13.2. The van der Waals surface area contributed by atoms with Crippen molar-refractivity contribution in [1.82, 2.24) is 9.97 Å². The van der Waals surface area contributed by atoms with Gasteiger partial charge in [-0.25, -0.2) is 9.97 Å². The van der Waals surface area contributed by atoms with Crippen LogP contribution in [0.15, 0.2) is 24.3 Å². The normalized spacial score (nSPS) is 12.2. The number of benzene rings is 1. The van der Waals surface area contributed by atoms with Crippen LogP contribution < -0.4 is 11.1 Å². The molecule has 0 amide bonds. The average Bonchev–Trinajstić information content (AvgIpc) is 2.46. The standard InChI is InChI=1S/C16H22N4O/c1-4-12(17)9-18-15-8-11(3)19-16(20-15)13-7-10(2)5-6-14(13)21/h5-8,12,21H,4,9,17H2,1-3H3,(H,18,19,20)/t12-/m1/s1. The number of hydrogen-bond acceptors (Lipinski definition) is 5. The van der Waals surface area contributed by atoms with Crippen LogP contribution in [0.3, 0.4) is 0 Å². The molecule has 5 heteroatoms. The van der Waals surface area contributed by atoms with E-state index in [1.54, 1.807) is 6.07 Å². The molecule has 0 aliphatic heterocycles. The van der Waals surface area contributed by atoms with E-state index in [1.807, 2.05) is 39.0 Å². The van der Waals surface area contributed by atoms with Gasteiger partial charge in [0.25, 0.3) is 0 Å². The number of aryl methyl sites for hydroxylation is 2. The van der Waals surface area contributed by atoms with Crippen molar-refractivity contribution in [3.63, 3.8) is 0 Å². The molecule has 0 aliphatic rings. The van der Waals surface area contributed by atoms with E-state index in [-0.39, 0.29) is 11.8 Å². The molecule has 1 heterocycles. The van der Waals surface area contributed by atoms with E-state index in [0.717, 1.165) is 23.5 Å². The highest BCUT2D eigenvalue weighted by Crippen LogP contribution is 2.28. The van der Waals surface area contributed by atoms with Crippen molar-refractivity contribution in [2.24, 2.45) is 5.73 Å². The monoisotopic (exact) mass is 286 g/mol. The fourth-order valence-corrected chi connectivity index (χ4v) is 1.99. The summed E-state index contributed by atoms with van der Waals surface area (Å²) in [5.41, 5.74) is 8.44. The second-order valence-corrected chi connectivity index (χ2v) is 5.29. The van der Waals surface area contributed by atoms with Crippen molar-refractivity contribution in [3.05, 3.63) is 35.5 Å². The lowest BCUT2D eigenvalue weighted by atomic mass is 10.1. The number of aromatic nitrogens is 2. The summed E-state index contributed by atoms with van der Waals surface area (Å²) in [6.07, 6.45) is 0.905. The molecule has 1 atom stereocenters. The number of nitrogens with two attached hydrogens (primary N) is 1. The Morgan fingerprint density at radius 3 is 2.71 bits per heavy atom. The molecule has 2 rings (SSSR count). The lowest BCUT2D eigenvalue weighted by molar-refractivity contribution is 0.476. The van der Waals surface area contributed by atoms with E-state index in [9.17, 15) is 5.11 Å². The van der Waals surface area contributed by atoms with Crippen LogP contribution in [0, 0.1) is 13.8 Å². The maximum absolute atomic E-state index is 10.0. The Morgan fingerprint density at radius 1 is 1.24 bits per heavy atom. The molecule has 1 aromatic carbocycles. The van der Waals surface area contributed by atoms with E-state index in [2.05, 4.69) is 15.3 Å². The number of nitrogens with one attached hydrogen (secondary N) is 1. The molecular formula is C16H22N4O. The molecule has 0 radical (unpaired) electrons. The number of hydrogen-bond donors (Lipinski definition) is 3. The average molecular weight is 286 g/mol. The fourth-order valence-electron chi connectivity index (χ4n) is 1.99. The molecule has 0 bridgehead atoms. The predicted molar refractivity (Wildman–Crippen MR) is 85.4 cm³/mol. The maximum Gasteiger partial charge on any atom is 0.165 e. The molecule has 0 spiro atoms. The second kappa shape index (κ2) is 6.54. The third kappa shape index (κ3) is 3.92. The summed E-state index contributed by atoms with van der Waals surface area (Å²) >= 11 is 0. The molecule has 21 heavy (non-hydrogen) atoms. The summed E-state index contributed by atoms with van der Waals surface area (Å²) in [6, 6.07) is 7.37. The van der Waals surface area contributed by atoms with E-state index in [1.165, 1.54) is 0 Å². The molecule has 1 aromatic heterocycles. The number of phenolic OH excluding ortho intramolecular Hbond substituents is 1. The maximum atomic E-state index is 10.0. The SMILES string of the molecule is CC[C@@H](N)CNc1cc(C)nc(-c2cc(C)ccc2O)n1. The van der Waals surface area contributed by atoms with Crippen molar-refractivity contribution in [1.29, 1.82) is 0 Å². The number of anilines is 1. The van der Waals surface area contributed by atoms with Gasteiger partial charge in [0.15, 0.2) is 5.82 Å². The number of aromatic hydroxyl groups is 1. The molecule has 0 saturated carbocycles. The van der Waals surface area contributed by atoms with Crippen LogP contribution in [-0.2, 0) is 0 Å². The first kappa shape index (κ1) is 15.3. The zero-order valence-electron chi connectivity index (χ0n) is 12.7. The lowest BCUT2D eigenvalue weighted by Crippen LogP contribution is -2.28. The van der Waals surface area contributed by atoms with Crippen molar-refractivity contribution < 1.29 is 5.11 Å². The first-order valence-electron chi connectivity index (χ1n) is 7.14. The van der Waals surface area contributed by atoms with Crippen LogP contribution in [0.5, 0.6) is 5.75 Å². The molecule has 0 saturated heterocycles. The van der Waals surface area contributed by atoms with Gasteiger partial charge in [-0.1, -0.05) is 18.6 Å². The van der Waals surface area contributed by atoms with Gasteiger partial charge >= 0.3 is 0 Å². The summed E-state index contributed by atoms with van der Waals surface area (Å²) in [5.74, 6) is 1.42. The molecule has 2 aromatic rings. The Hall–Kier alpha value is -2.14. The van der Waals surface area contributed by atoms with Crippen LogP contribution in [0.4, 0.5) is 5.82 Å². The molecule has 0 aliphatic carbocycles. The minimum atomic E-state index is 0.0936. The third-order valence-electron chi connectivity index (χ3n) is 3.32. The van der Waals surface area contributed by atoms with E-state index >= 15 is 0 Å². The van der Waals surface area contributed by atoms with Gasteiger partial charge < -0.3 is 16.2 Å². The van der Waals surface area contributed by atoms with Crippen LogP contribution in [0.25, 0.3) is 11.4 Å². The zero-order valence-corrected chi connectivity index (χ0v) is 12.7. The van der Waals surface area contributed by atoms with Crippen molar-refractivity contribution >= 4 is 5.82 Å². The largest absolute Gasteiger partial charge is 0.507 e. The Kier molecular flexibility index (Phi) is 4.75. The van der Waals surface area contributed by atoms with Crippen LogP contribution >= 0.6 is 0 Å². The summed E-state index contributed by atoms with van der Waals surface area (Å²) in [4.78, 5) is 8.89. The highest BCUT2D eigenvalue weighted by molar-refractivity contribution is 5.66. The minimum absolute atomic E-state index is 0.0936. The van der Waals surface area contributed by atoms with Gasteiger partial charge in [0.05, 0.1) is 5.56 Å². The third-order valence-corrected chi connectivity index (χ3v) is 3.32. The highest BCUT2D eigenvalue weighted by atomic mass is 16.3. The second-order valence-electron chi connectivity index (χ2n) is 5.29. The van der Waals surface area contributed by atoms with E-state index in [0.29, 0.717) is 17.9 Å². The molecule has 0 unspecified atom stereocenters. The first-order valence-corrected chi connectivity index (χ1v) is 7.14. The Morgan fingerprint density at radius 2 is 2.00 bits per heavy atom. The topological polar surface area (TPSA) is 84.1 Å². The van der Waals surface area contributed by atoms with E-state index in [4.69, 9.17) is 5.73 Å². The van der Waals surface area contributed by atoms with Gasteiger partial charge in [-0.15, -0.1) is 0 Å². The van der Waals surface area contributed by atoms with Gasteiger partial charge in [0.1, 0.15) is 11.6 Å². The number of phenols is 1. The molecule has 0 fully saturated rings. The van der Waals surface area contributed by atoms with Crippen LogP contribution in [0.1, 0.15) is 24.6 Å². The van der Waals surface area contributed by atoms with Gasteiger partial charge in [0.2, 0.25) is 0 Å². The predicted octanol–water partition coefficient (Wildman–Crippen LogP) is 2.62. The van der Waals surface area contributed by atoms with Crippen molar-refractivity contribution in [2.75, 3.05) is 11.9 Å². The molecule has 4 N–H and O–H groups in total. The molecule has 112 valence electrons. The van der Waals surface area contributed by atoms with E-state index < -0.39 is 0 Å². The van der Waals surface area contributed by atoms with Gasteiger partial charge in [-0.3, -0.25) is 0 Å². The van der Waals surface area contributed by atoms with Crippen LogP contribution in [-0.4, -0.2) is 27.7 Å². The quantitative estimate of drug-likeness (QED) is 0.787. The van der Waals surface area contributed by atoms with Crippen molar-refractivity contribution in [3.8, 4) is 17.1 Å². The molecule has 5 nitrogen and oxygen atoms in total.